The van der Waals surface area contributed by atoms with Crippen molar-refractivity contribution >= 4 is 17.2 Å². The van der Waals surface area contributed by atoms with E-state index >= 15 is 0 Å². The molecule has 17 heavy (non-hydrogen) atoms. The highest BCUT2D eigenvalue weighted by atomic mass is 32.1. The molecule has 1 fully saturated rings. The zero-order valence-electron chi connectivity index (χ0n) is 10.2. The second-order valence-electron chi connectivity index (χ2n) is 4.20. The first-order valence-electron chi connectivity index (χ1n) is 5.84. The zero-order chi connectivity index (χ0) is 12.3. The van der Waals surface area contributed by atoms with Crippen molar-refractivity contribution < 1.29 is 9.53 Å². The van der Waals surface area contributed by atoms with E-state index in [1.165, 1.54) is 11.3 Å². The maximum atomic E-state index is 12.3. The summed E-state index contributed by atoms with van der Waals surface area (Å²) in [6, 6.07) is 2.16. The molecule has 1 aromatic heterocycles. The van der Waals surface area contributed by atoms with E-state index < -0.39 is 0 Å². The molecule has 1 N–H and O–H groups in total. The molecule has 1 atom stereocenters. The van der Waals surface area contributed by atoms with Crippen molar-refractivity contribution in [3.63, 3.8) is 0 Å². The van der Waals surface area contributed by atoms with Crippen LogP contribution in [0.1, 0.15) is 22.5 Å². The van der Waals surface area contributed by atoms with Crippen LogP contribution in [0.25, 0.3) is 0 Å². The predicted octanol–water partition coefficient (Wildman–Crippen LogP) is 1.58. The van der Waals surface area contributed by atoms with Crippen LogP contribution in [0.2, 0.25) is 0 Å². The minimum absolute atomic E-state index is 0.135. The SMILES string of the molecule is CNCC1CCCN1C(=O)c1cc(OC)cs1. The van der Waals surface area contributed by atoms with Crippen molar-refractivity contribution in [2.45, 2.75) is 18.9 Å². The number of hydrogen-bond acceptors (Lipinski definition) is 4. The summed E-state index contributed by atoms with van der Waals surface area (Å²) in [6.07, 6.45) is 2.19. The van der Waals surface area contributed by atoms with Crippen LogP contribution in [0.4, 0.5) is 0 Å². The molecule has 1 amide bonds. The van der Waals surface area contributed by atoms with E-state index in [-0.39, 0.29) is 5.91 Å². The first-order chi connectivity index (χ1) is 8.26. The molecular formula is C12H18N2O2S. The van der Waals surface area contributed by atoms with Gasteiger partial charge < -0.3 is 15.0 Å². The first-order valence-corrected chi connectivity index (χ1v) is 6.72. The standard InChI is InChI=1S/C12H18N2O2S/c1-13-7-9-4-3-5-14(9)12(15)11-6-10(16-2)8-17-11/h6,8-9,13H,3-5,7H2,1-2H3. The van der Waals surface area contributed by atoms with E-state index in [4.69, 9.17) is 4.74 Å². The molecule has 1 unspecified atom stereocenters. The Bertz CT molecular complexity index is 392. The van der Waals surface area contributed by atoms with E-state index in [2.05, 4.69) is 5.32 Å². The number of nitrogens with one attached hydrogen (secondary N) is 1. The lowest BCUT2D eigenvalue weighted by Gasteiger charge is -2.23. The monoisotopic (exact) mass is 254 g/mol. The number of amides is 1. The first kappa shape index (κ1) is 12.4. The zero-order valence-corrected chi connectivity index (χ0v) is 11.0. The van der Waals surface area contributed by atoms with Crippen molar-refractivity contribution in [2.75, 3.05) is 27.2 Å². The van der Waals surface area contributed by atoms with Gasteiger partial charge >= 0.3 is 0 Å². The molecule has 0 aromatic carbocycles. The quantitative estimate of drug-likeness (QED) is 0.887. The van der Waals surface area contributed by atoms with Crippen LogP contribution in [-0.2, 0) is 0 Å². The van der Waals surface area contributed by atoms with Crippen LogP contribution in [0.5, 0.6) is 5.75 Å². The van der Waals surface area contributed by atoms with Gasteiger partial charge in [0.25, 0.3) is 5.91 Å². The molecule has 0 radical (unpaired) electrons. The third-order valence-corrected chi connectivity index (χ3v) is 4.00. The smallest absolute Gasteiger partial charge is 0.264 e. The van der Waals surface area contributed by atoms with Crippen LogP contribution in [0.15, 0.2) is 11.4 Å². The Labute approximate surface area is 106 Å². The van der Waals surface area contributed by atoms with E-state index in [0.717, 1.165) is 36.6 Å². The number of hydrogen-bond donors (Lipinski definition) is 1. The van der Waals surface area contributed by atoms with Gasteiger partial charge in [-0.05, 0) is 19.9 Å². The van der Waals surface area contributed by atoms with Crippen molar-refractivity contribution in [3.8, 4) is 5.75 Å². The summed E-state index contributed by atoms with van der Waals surface area (Å²) in [5.74, 6) is 0.902. The van der Waals surface area contributed by atoms with Crippen LogP contribution >= 0.6 is 11.3 Å². The number of methoxy groups -OCH3 is 1. The van der Waals surface area contributed by atoms with Crippen molar-refractivity contribution in [2.24, 2.45) is 0 Å². The molecule has 0 bridgehead atoms. The Kier molecular flexibility index (Phi) is 4.02. The molecule has 1 saturated heterocycles. The topological polar surface area (TPSA) is 41.6 Å². The summed E-state index contributed by atoms with van der Waals surface area (Å²) in [5, 5.41) is 5.02. The van der Waals surface area contributed by atoms with Crippen molar-refractivity contribution in [1.29, 1.82) is 0 Å². The highest BCUT2D eigenvalue weighted by Crippen LogP contribution is 2.26. The Hall–Kier alpha value is -1.07. The Morgan fingerprint density at radius 3 is 3.18 bits per heavy atom. The van der Waals surface area contributed by atoms with Gasteiger partial charge in [0.2, 0.25) is 0 Å². The highest BCUT2D eigenvalue weighted by molar-refractivity contribution is 7.12. The summed E-state index contributed by atoms with van der Waals surface area (Å²) in [7, 11) is 3.55. The number of carbonyl (C=O) groups is 1. The Balaban J connectivity index is 2.08. The number of rotatable bonds is 4. The molecule has 4 nitrogen and oxygen atoms in total. The number of carbonyl (C=O) groups excluding carboxylic acids is 1. The molecule has 2 heterocycles. The van der Waals surface area contributed by atoms with Crippen LogP contribution in [0, 0.1) is 0 Å². The molecule has 2 rings (SSSR count). The second-order valence-corrected chi connectivity index (χ2v) is 5.11. The van der Waals surface area contributed by atoms with Crippen molar-refractivity contribution in [3.05, 3.63) is 16.3 Å². The fourth-order valence-corrected chi connectivity index (χ4v) is 3.04. The molecule has 1 aliphatic heterocycles. The van der Waals surface area contributed by atoms with Gasteiger partial charge in [-0.1, -0.05) is 0 Å². The number of ether oxygens (including phenoxy) is 1. The molecule has 0 aliphatic carbocycles. The maximum absolute atomic E-state index is 12.3. The summed E-state index contributed by atoms with van der Waals surface area (Å²) >= 11 is 1.45. The van der Waals surface area contributed by atoms with Crippen LogP contribution < -0.4 is 10.1 Å². The van der Waals surface area contributed by atoms with Gasteiger partial charge in [0.15, 0.2) is 0 Å². The number of likely N-dealkylation sites (N-methyl/N-ethyl adjacent to an activating group) is 1. The number of nitrogens with zero attached hydrogens (tertiary/aromatic N) is 1. The molecule has 0 spiro atoms. The largest absolute Gasteiger partial charge is 0.496 e. The van der Waals surface area contributed by atoms with Gasteiger partial charge in [-0.3, -0.25) is 4.79 Å². The van der Waals surface area contributed by atoms with E-state index in [0.29, 0.717) is 6.04 Å². The lowest BCUT2D eigenvalue weighted by molar-refractivity contribution is 0.0741. The number of likely N-dealkylation sites (tertiary alicyclic amines) is 1. The van der Waals surface area contributed by atoms with E-state index in [1.54, 1.807) is 7.11 Å². The highest BCUT2D eigenvalue weighted by Gasteiger charge is 2.29. The maximum Gasteiger partial charge on any atom is 0.264 e. The molecule has 94 valence electrons. The predicted molar refractivity (Wildman–Crippen MR) is 68.9 cm³/mol. The summed E-state index contributed by atoms with van der Waals surface area (Å²) in [4.78, 5) is 15.1. The Morgan fingerprint density at radius 2 is 2.53 bits per heavy atom. The summed E-state index contributed by atoms with van der Waals surface area (Å²) < 4.78 is 5.11. The third kappa shape index (κ3) is 2.61. The van der Waals surface area contributed by atoms with E-state index in [1.807, 2.05) is 23.4 Å². The molecule has 0 saturated carbocycles. The van der Waals surface area contributed by atoms with Gasteiger partial charge in [0.1, 0.15) is 5.75 Å². The summed E-state index contributed by atoms with van der Waals surface area (Å²) in [6.45, 7) is 1.74. The van der Waals surface area contributed by atoms with Gasteiger partial charge in [-0.25, -0.2) is 0 Å². The lowest BCUT2D eigenvalue weighted by atomic mass is 10.2. The lowest BCUT2D eigenvalue weighted by Crippen LogP contribution is -2.40. The fraction of sp³-hybridized carbons (Fsp3) is 0.583. The molecule has 1 aliphatic rings. The van der Waals surface area contributed by atoms with Gasteiger partial charge in [0, 0.05) is 30.6 Å². The number of thiophene rings is 1. The average molecular weight is 254 g/mol. The van der Waals surface area contributed by atoms with Crippen LogP contribution in [0.3, 0.4) is 0 Å². The average Bonchev–Trinajstić information content (AvgIpc) is 2.97. The fourth-order valence-electron chi connectivity index (χ4n) is 2.23. The summed E-state index contributed by atoms with van der Waals surface area (Å²) in [5.41, 5.74) is 0. The minimum Gasteiger partial charge on any atom is -0.496 e. The van der Waals surface area contributed by atoms with Crippen LogP contribution in [-0.4, -0.2) is 44.1 Å². The third-order valence-electron chi connectivity index (χ3n) is 3.10. The second kappa shape index (κ2) is 5.51. The van der Waals surface area contributed by atoms with Gasteiger partial charge in [0.05, 0.1) is 12.0 Å². The van der Waals surface area contributed by atoms with Crippen molar-refractivity contribution in [1.82, 2.24) is 10.2 Å². The normalized spacial score (nSPS) is 19.6. The molecule has 1 aromatic rings. The minimum atomic E-state index is 0.135. The molecular weight excluding hydrogens is 236 g/mol. The van der Waals surface area contributed by atoms with E-state index in [9.17, 15) is 4.79 Å². The van der Waals surface area contributed by atoms with Gasteiger partial charge in [-0.2, -0.15) is 0 Å². The van der Waals surface area contributed by atoms with Gasteiger partial charge in [-0.15, -0.1) is 11.3 Å². The molecule has 5 heteroatoms. The Morgan fingerprint density at radius 1 is 1.71 bits per heavy atom.